The number of aromatic nitrogens is 1. The maximum Gasteiger partial charge on any atom is 0.203 e. The number of benzene rings is 1. The number of rotatable bonds is 5. The minimum absolute atomic E-state index is 0.846. The van der Waals surface area contributed by atoms with Crippen molar-refractivity contribution >= 4 is 22.7 Å². The molecule has 1 N–H and O–H groups in total. The lowest BCUT2D eigenvalue weighted by Crippen LogP contribution is -1.90. The molecule has 0 saturated heterocycles. The average molecular weight is 245 g/mol. The first-order chi connectivity index (χ1) is 8.34. The van der Waals surface area contributed by atoms with E-state index in [4.69, 9.17) is 0 Å². The Morgan fingerprint density at radius 1 is 1.35 bits per heavy atom. The molecule has 0 bridgehead atoms. The third-order valence-electron chi connectivity index (χ3n) is 2.28. The maximum atomic E-state index is 4.26. The van der Waals surface area contributed by atoms with Crippen molar-refractivity contribution in [3.8, 4) is 0 Å². The van der Waals surface area contributed by atoms with Crippen molar-refractivity contribution in [2.45, 2.75) is 19.8 Å². The van der Waals surface area contributed by atoms with Crippen LogP contribution in [-0.4, -0.2) is 11.2 Å². The van der Waals surface area contributed by atoms with Crippen LogP contribution in [0.3, 0.4) is 0 Å². The van der Waals surface area contributed by atoms with Crippen LogP contribution < -0.4 is 5.43 Å². The van der Waals surface area contributed by atoms with Gasteiger partial charge in [-0.25, -0.2) is 4.98 Å². The summed E-state index contributed by atoms with van der Waals surface area (Å²) in [6.07, 6.45) is 3.84. The molecule has 4 heteroatoms. The zero-order valence-electron chi connectivity index (χ0n) is 9.76. The van der Waals surface area contributed by atoms with E-state index in [1.807, 2.05) is 24.6 Å². The fourth-order valence-corrected chi connectivity index (χ4v) is 2.08. The molecule has 0 fully saturated rings. The lowest BCUT2D eigenvalue weighted by molar-refractivity contribution is 1.05. The molecule has 1 aromatic carbocycles. The number of hydrogen-bond donors (Lipinski definition) is 1. The molecule has 0 aliphatic heterocycles. The first-order valence-electron chi connectivity index (χ1n) is 5.58. The summed E-state index contributed by atoms with van der Waals surface area (Å²) in [4.78, 5) is 4.26. The van der Waals surface area contributed by atoms with Crippen LogP contribution in [0.2, 0.25) is 0 Å². The highest BCUT2D eigenvalue weighted by Crippen LogP contribution is 2.13. The van der Waals surface area contributed by atoms with Crippen molar-refractivity contribution in [1.29, 1.82) is 0 Å². The second kappa shape index (κ2) is 6.15. The molecule has 1 heterocycles. The summed E-state index contributed by atoms with van der Waals surface area (Å²) < 4.78 is 0. The molecule has 3 nitrogen and oxygen atoms in total. The fraction of sp³-hybridized carbons (Fsp3) is 0.231. The van der Waals surface area contributed by atoms with Gasteiger partial charge in [-0.2, -0.15) is 5.10 Å². The molecule has 0 spiro atoms. The van der Waals surface area contributed by atoms with Gasteiger partial charge in [-0.1, -0.05) is 30.3 Å². The summed E-state index contributed by atoms with van der Waals surface area (Å²) in [5.41, 5.74) is 5.29. The Labute approximate surface area is 105 Å². The van der Waals surface area contributed by atoms with Gasteiger partial charge in [0.2, 0.25) is 5.13 Å². The van der Waals surface area contributed by atoms with E-state index in [9.17, 15) is 0 Å². The number of nitrogens with one attached hydrogen (secondary N) is 1. The van der Waals surface area contributed by atoms with Crippen molar-refractivity contribution in [1.82, 2.24) is 4.98 Å². The largest absolute Gasteiger partial charge is 0.253 e. The third kappa shape index (κ3) is 4.00. The van der Waals surface area contributed by atoms with Crippen molar-refractivity contribution in [3.05, 3.63) is 47.0 Å². The molecular formula is C13H15N3S. The molecule has 0 aliphatic rings. The number of anilines is 1. The first-order valence-corrected chi connectivity index (χ1v) is 6.46. The molecule has 2 aromatic rings. The highest BCUT2D eigenvalue weighted by molar-refractivity contribution is 7.13. The van der Waals surface area contributed by atoms with Crippen molar-refractivity contribution in [2.24, 2.45) is 5.10 Å². The van der Waals surface area contributed by atoms with E-state index in [0.29, 0.717) is 0 Å². The molecule has 1 aromatic heterocycles. The number of hydrazone groups is 1. The molecule has 0 amide bonds. The number of hydrogen-bond acceptors (Lipinski definition) is 4. The van der Waals surface area contributed by atoms with Crippen molar-refractivity contribution in [2.75, 3.05) is 5.43 Å². The van der Waals surface area contributed by atoms with Crippen LogP contribution in [0.4, 0.5) is 5.13 Å². The Morgan fingerprint density at radius 2 is 2.18 bits per heavy atom. The zero-order valence-corrected chi connectivity index (χ0v) is 10.6. The Kier molecular flexibility index (Phi) is 4.27. The minimum atomic E-state index is 0.846. The Balaban J connectivity index is 1.72. The van der Waals surface area contributed by atoms with Crippen LogP contribution >= 0.6 is 11.3 Å². The van der Waals surface area contributed by atoms with Crippen LogP contribution in [-0.2, 0) is 6.42 Å². The summed E-state index contributed by atoms with van der Waals surface area (Å²) in [5, 5.41) is 6.99. The van der Waals surface area contributed by atoms with Gasteiger partial charge in [-0.15, -0.1) is 11.3 Å². The maximum absolute atomic E-state index is 4.26. The molecule has 0 saturated carbocycles. The van der Waals surface area contributed by atoms with Gasteiger partial charge in [0.15, 0.2) is 0 Å². The second-order valence-electron chi connectivity index (χ2n) is 3.74. The molecule has 2 rings (SSSR count). The quantitative estimate of drug-likeness (QED) is 0.647. The monoisotopic (exact) mass is 245 g/mol. The van der Waals surface area contributed by atoms with E-state index in [0.717, 1.165) is 23.7 Å². The molecule has 88 valence electrons. The van der Waals surface area contributed by atoms with Gasteiger partial charge in [0.25, 0.3) is 0 Å². The third-order valence-corrected chi connectivity index (χ3v) is 3.14. The van der Waals surface area contributed by atoms with Crippen molar-refractivity contribution in [3.63, 3.8) is 0 Å². The lowest BCUT2D eigenvalue weighted by atomic mass is 10.1. The topological polar surface area (TPSA) is 37.3 Å². The minimum Gasteiger partial charge on any atom is -0.253 e. The SMILES string of the molecule is Cc1csc(NN=CCCc2ccccc2)n1. The molecular weight excluding hydrogens is 230 g/mol. The Morgan fingerprint density at radius 3 is 2.88 bits per heavy atom. The van der Waals surface area contributed by atoms with Gasteiger partial charge < -0.3 is 0 Å². The summed E-state index contributed by atoms with van der Waals surface area (Å²) in [6.45, 7) is 1.97. The Bertz CT molecular complexity index is 476. The Hall–Kier alpha value is -1.68. The van der Waals surface area contributed by atoms with Gasteiger partial charge >= 0.3 is 0 Å². The van der Waals surface area contributed by atoms with Gasteiger partial charge in [0, 0.05) is 11.6 Å². The van der Waals surface area contributed by atoms with E-state index in [1.54, 1.807) is 11.3 Å². The van der Waals surface area contributed by atoms with Crippen LogP contribution in [0.25, 0.3) is 0 Å². The van der Waals surface area contributed by atoms with Crippen LogP contribution in [0.5, 0.6) is 0 Å². The van der Waals surface area contributed by atoms with Gasteiger partial charge in [-0.3, -0.25) is 5.43 Å². The zero-order chi connectivity index (χ0) is 11.9. The predicted molar refractivity (Wildman–Crippen MR) is 73.7 cm³/mol. The van der Waals surface area contributed by atoms with Gasteiger partial charge in [0.1, 0.15) is 0 Å². The molecule has 17 heavy (non-hydrogen) atoms. The number of nitrogens with zero attached hydrogens (tertiary/aromatic N) is 2. The van der Waals surface area contributed by atoms with Crippen LogP contribution in [0.15, 0.2) is 40.8 Å². The smallest absolute Gasteiger partial charge is 0.203 e. The summed E-state index contributed by atoms with van der Waals surface area (Å²) >= 11 is 1.57. The highest BCUT2D eigenvalue weighted by atomic mass is 32.1. The summed E-state index contributed by atoms with van der Waals surface area (Å²) in [7, 11) is 0. The molecule has 0 aliphatic carbocycles. The molecule has 0 atom stereocenters. The van der Waals surface area contributed by atoms with E-state index in [2.05, 4.69) is 39.8 Å². The number of aryl methyl sites for hydroxylation is 2. The average Bonchev–Trinajstić information content (AvgIpc) is 2.76. The molecule has 0 unspecified atom stereocenters. The van der Waals surface area contributed by atoms with E-state index in [-0.39, 0.29) is 0 Å². The van der Waals surface area contributed by atoms with E-state index >= 15 is 0 Å². The summed E-state index contributed by atoms with van der Waals surface area (Å²) in [5.74, 6) is 0. The van der Waals surface area contributed by atoms with Gasteiger partial charge in [0.05, 0.1) is 5.69 Å². The van der Waals surface area contributed by atoms with Crippen molar-refractivity contribution < 1.29 is 0 Å². The van der Waals surface area contributed by atoms with Gasteiger partial charge in [-0.05, 0) is 25.3 Å². The van der Waals surface area contributed by atoms with E-state index < -0.39 is 0 Å². The normalized spacial score (nSPS) is 10.9. The van der Waals surface area contributed by atoms with Crippen LogP contribution in [0.1, 0.15) is 17.7 Å². The second-order valence-corrected chi connectivity index (χ2v) is 4.60. The molecule has 0 radical (unpaired) electrons. The predicted octanol–water partition coefficient (Wildman–Crippen LogP) is 3.48. The highest BCUT2D eigenvalue weighted by Gasteiger charge is 1.94. The summed E-state index contributed by atoms with van der Waals surface area (Å²) in [6, 6.07) is 10.4. The number of thiazole rings is 1. The first kappa shape index (κ1) is 11.8. The fourth-order valence-electron chi connectivity index (χ4n) is 1.45. The van der Waals surface area contributed by atoms with E-state index in [1.165, 1.54) is 5.56 Å². The standard InChI is InChI=1S/C13H15N3S/c1-11-10-17-13(15-11)16-14-9-5-8-12-6-3-2-4-7-12/h2-4,6-7,9-10H,5,8H2,1H3,(H,15,16). The lowest BCUT2D eigenvalue weighted by Gasteiger charge is -1.96. The van der Waals surface area contributed by atoms with Crippen LogP contribution in [0, 0.1) is 6.92 Å².